The molecule has 36 heavy (non-hydrogen) atoms. The van der Waals surface area contributed by atoms with Gasteiger partial charge in [-0.25, -0.2) is 14.6 Å². The molecule has 13 heteroatoms. The highest BCUT2D eigenvalue weighted by Gasteiger charge is 2.24. The number of aromatic hydroxyl groups is 1. The average molecular weight is 499 g/mol. The fraction of sp³-hybridized carbons (Fsp3) is 0.522. The van der Waals surface area contributed by atoms with E-state index in [-0.39, 0.29) is 36.3 Å². The van der Waals surface area contributed by atoms with Crippen molar-refractivity contribution < 1.29 is 19.4 Å². The van der Waals surface area contributed by atoms with Gasteiger partial charge in [-0.2, -0.15) is 9.61 Å². The van der Waals surface area contributed by atoms with Crippen LogP contribution in [0.15, 0.2) is 22.1 Å². The normalized spacial score (nSPS) is 21.1. The number of H-pyrrole nitrogens is 2. The molecule has 2 saturated carbocycles. The lowest BCUT2D eigenvalue weighted by atomic mass is 9.91. The van der Waals surface area contributed by atoms with E-state index in [1.54, 1.807) is 23.9 Å². The molecule has 2 aliphatic carbocycles. The van der Waals surface area contributed by atoms with Crippen LogP contribution in [0.25, 0.3) is 11.7 Å². The topological polar surface area (TPSA) is 171 Å². The minimum Gasteiger partial charge on any atom is -0.493 e. The van der Waals surface area contributed by atoms with E-state index in [2.05, 4.69) is 25.7 Å². The summed E-state index contributed by atoms with van der Waals surface area (Å²) in [5.74, 6) is 0.434. The van der Waals surface area contributed by atoms with Crippen molar-refractivity contribution in [2.24, 2.45) is 4.99 Å². The van der Waals surface area contributed by atoms with Crippen LogP contribution in [0.2, 0.25) is 0 Å². The van der Waals surface area contributed by atoms with Crippen LogP contribution in [0.3, 0.4) is 0 Å². The lowest BCUT2D eigenvalue weighted by Gasteiger charge is -2.29. The van der Waals surface area contributed by atoms with Crippen LogP contribution in [0.5, 0.6) is 5.88 Å². The Morgan fingerprint density at radius 3 is 2.69 bits per heavy atom. The smallest absolute Gasteiger partial charge is 0.407 e. The first-order valence-corrected chi connectivity index (χ1v) is 12.1. The molecule has 5 N–H and O–H groups in total. The summed E-state index contributed by atoms with van der Waals surface area (Å²) in [4.78, 5) is 37.8. The first kappa shape index (κ1) is 23.9. The van der Waals surface area contributed by atoms with E-state index >= 15 is 0 Å². The number of rotatable bonds is 8. The highest BCUT2D eigenvalue weighted by atomic mass is 16.6. The Labute approximate surface area is 205 Å². The number of amides is 1. The Balaban J connectivity index is 1.33. The number of carbonyl (C=O) groups is 1. The van der Waals surface area contributed by atoms with Crippen LogP contribution < -0.4 is 27.0 Å². The number of alkyl carbamates (subject to hydrolysis) is 1. The van der Waals surface area contributed by atoms with E-state index in [1.165, 1.54) is 0 Å². The summed E-state index contributed by atoms with van der Waals surface area (Å²) in [6.45, 7) is 0.604. The molecular weight excluding hydrogens is 468 g/mol. The quantitative estimate of drug-likeness (QED) is 0.273. The number of hydrogen-bond donors (Lipinski definition) is 5. The minimum atomic E-state index is -0.497. The van der Waals surface area contributed by atoms with Crippen molar-refractivity contribution in [3.05, 3.63) is 39.1 Å². The molecule has 3 aromatic heterocycles. The first-order valence-electron chi connectivity index (χ1n) is 12.1. The Morgan fingerprint density at radius 1 is 1.22 bits per heavy atom. The van der Waals surface area contributed by atoms with Crippen molar-refractivity contribution in [3.63, 3.8) is 0 Å². The molecule has 1 amide bonds. The summed E-state index contributed by atoms with van der Waals surface area (Å²) in [5, 5.41) is 21.5. The lowest BCUT2D eigenvalue weighted by molar-refractivity contribution is 0.0950. The van der Waals surface area contributed by atoms with Crippen LogP contribution in [0.1, 0.15) is 44.2 Å². The van der Waals surface area contributed by atoms with Gasteiger partial charge in [0.2, 0.25) is 5.88 Å². The van der Waals surface area contributed by atoms with Crippen LogP contribution in [-0.4, -0.2) is 74.2 Å². The fourth-order valence-electron chi connectivity index (χ4n) is 4.29. The number of ether oxygens (including phenoxy) is 2. The van der Waals surface area contributed by atoms with Gasteiger partial charge in [0.05, 0.1) is 18.8 Å². The van der Waals surface area contributed by atoms with Gasteiger partial charge in [0, 0.05) is 30.5 Å². The Hall–Kier alpha value is -3.87. The van der Waals surface area contributed by atoms with Gasteiger partial charge in [0.15, 0.2) is 11.1 Å². The second kappa shape index (κ2) is 10.4. The lowest BCUT2D eigenvalue weighted by Crippen LogP contribution is -2.40. The van der Waals surface area contributed by atoms with Crippen LogP contribution in [-0.2, 0) is 9.47 Å². The molecule has 192 valence electrons. The van der Waals surface area contributed by atoms with Gasteiger partial charge < -0.3 is 30.2 Å². The third-order valence-electron chi connectivity index (χ3n) is 6.30. The molecule has 3 aromatic rings. The third kappa shape index (κ3) is 5.67. The van der Waals surface area contributed by atoms with Gasteiger partial charge in [0.25, 0.3) is 0 Å². The molecule has 0 atom stereocenters. The van der Waals surface area contributed by atoms with Crippen molar-refractivity contribution >= 4 is 23.6 Å². The van der Waals surface area contributed by atoms with Gasteiger partial charge in [0.1, 0.15) is 18.1 Å². The zero-order chi connectivity index (χ0) is 25.1. The number of methoxy groups -OCH3 is 1. The second-order valence-corrected chi connectivity index (χ2v) is 9.15. The maximum atomic E-state index is 11.9. The number of imidazole rings is 1. The van der Waals surface area contributed by atoms with E-state index in [0.717, 1.165) is 38.5 Å². The number of aromatic amines is 2. The zero-order valence-electron chi connectivity index (χ0n) is 20.0. The van der Waals surface area contributed by atoms with Crippen molar-refractivity contribution in [1.82, 2.24) is 29.9 Å². The van der Waals surface area contributed by atoms with Crippen molar-refractivity contribution in [2.75, 3.05) is 25.6 Å². The third-order valence-corrected chi connectivity index (χ3v) is 6.30. The summed E-state index contributed by atoms with van der Waals surface area (Å²) < 4.78 is 11.7. The summed E-state index contributed by atoms with van der Waals surface area (Å²) >= 11 is 0. The van der Waals surface area contributed by atoms with Crippen LogP contribution in [0, 0.1) is 0 Å². The number of fused-ring (bicyclic) bond motifs is 1. The molecule has 2 fully saturated rings. The number of anilines is 1. The number of nitrogens with one attached hydrogen (secondary N) is 4. The number of nitrogens with zero attached hydrogens (tertiary/aromatic N) is 4. The molecule has 0 radical (unpaired) electrons. The molecule has 0 saturated heterocycles. The summed E-state index contributed by atoms with van der Waals surface area (Å²) in [7, 11) is 1.56. The van der Waals surface area contributed by atoms with E-state index < -0.39 is 11.8 Å². The van der Waals surface area contributed by atoms with Gasteiger partial charge >= 0.3 is 11.8 Å². The van der Waals surface area contributed by atoms with E-state index in [9.17, 15) is 14.7 Å². The molecule has 0 spiro atoms. The zero-order valence-corrected chi connectivity index (χ0v) is 20.0. The van der Waals surface area contributed by atoms with Crippen molar-refractivity contribution in [1.29, 1.82) is 0 Å². The Kier molecular flexibility index (Phi) is 6.89. The molecule has 2 aliphatic rings. The van der Waals surface area contributed by atoms with Crippen molar-refractivity contribution in [3.8, 4) is 5.88 Å². The molecular formula is C23H30N8O5. The monoisotopic (exact) mass is 498 g/mol. The fourth-order valence-corrected chi connectivity index (χ4v) is 4.29. The molecule has 0 bridgehead atoms. The van der Waals surface area contributed by atoms with E-state index in [1.807, 2.05) is 6.07 Å². The number of hydrogen-bond acceptors (Lipinski definition) is 9. The van der Waals surface area contributed by atoms with E-state index in [4.69, 9.17) is 19.5 Å². The van der Waals surface area contributed by atoms with E-state index in [0.29, 0.717) is 28.8 Å². The summed E-state index contributed by atoms with van der Waals surface area (Å²) in [6, 6.07) is 2.45. The van der Waals surface area contributed by atoms with Gasteiger partial charge in [-0.1, -0.05) is 0 Å². The highest BCUT2D eigenvalue weighted by Crippen LogP contribution is 2.23. The van der Waals surface area contributed by atoms with Gasteiger partial charge in [-0.05, 0) is 44.6 Å². The summed E-state index contributed by atoms with van der Waals surface area (Å²) in [6.07, 6.45) is 8.31. The van der Waals surface area contributed by atoms with Crippen molar-refractivity contribution in [2.45, 2.75) is 56.7 Å². The predicted octanol–water partition coefficient (Wildman–Crippen LogP) is 0.158. The predicted molar refractivity (Wildman–Crippen MR) is 129 cm³/mol. The first-order chi connectivity index (χ1) is 17.5. The van der Waals surface area contributed by atoms with Gasteiger partial charge in [-0.3, -0.25) is 9.98 Å². The molecule has 5 rings (SSSR count). The standard InChI is InChI=1S/C23H30N8O5/c1-35-8-9-36-23(34)27-16-6-2-14(3-7-16)25-18-11-19(26-15-4-5-15)31-20(29-18)13(12-24-31)10-17-21(32)30-22(33)28-17/h10-12,14-16,25,32H,2-9H2,1H3,(H,27,34)(H2,28,30,33). The number of carbonyl (C=O) groups excluding carboxylic acids is 1. The Morgan fingerprint density at radius 2 is 2.00 bits per heavy atom. The van der Waals surface area contributed by atoms with Crippen LogP contribution in [0.4, 0.5) is 10.6 Å². The second-order valence-electron chi connectivity index (χ2n) is 9.15. The SMILES string of the molecule is COCCOC(=O)NC1CCC(Nc2cc(=NC3CC3)n3ncc(=Cc4[nH]c(=O)[nH]c4O)c3n2)CC1. The average Bonchev–Trinajstić information content (AvgIpc) is 3.49. The highest BCUT2D eigenvalue weighted by molar-refractivity contribution is 5.67. The van der Waals surface area contributed by atoms with Crippen LogP contribution >= 0.6 is 0 Å². The maximum absolute atomic E-state index is 11.9. The molecule has 0 aromatic carbocycles. The molecule has 0 unspecified atom stereocenters. The molecule has 0 aliphatic heterocycles. The molecule has 3 heterocycles. The largest absolute Gasteiger partial charge is 0.493 e. The summed E-state index contributed by atoms with van der Waals surface area (Å²) in [5.41, 5.74) is 1.02. The van der Waals surface area contributed by atoms with Gasteiger partial charge in [-0.15, -0.1) is 0 Å². The number of aromatic nitrogens is 5. The minimum absolute atomic E-state index is 0.0705. The Bertz CT molecular complexity index is 1400. The molecule has 13 nitrogen and oxygen atoms in total. The maximum Gasteiger partial charge on any atom is 0.407 e.